The predicted octanol–water partition coefficient (Wildman–Crippen LogP) is 3.27. The number of carbonyl (C=O) groups is 1. The molecule has 5 rings (SSSR count). The second-order valence-electron chi connectivity index (χ2n) is 8.51. The number of nitrogens with zero attached hydrogens (tertiary/aromatic N) is 4. The van der Waals surface area contributed by atoms with E-state index in [0.717, 1.165) is 47.2 Å². The maximum Gasteiger partial charge on any atom is 0.163 e. The zero-order valence-electron chi connectivity index (χ0n) is 17.1. The molecule has 0 bridgehead atoms. The molecular weight excluding hydrogens is 374 g/mol. The lowest BCUT2D eigenvalue weighted by molar-refractivity contribution is 0.0976. The van der Waals surface area contributed by atoms with Crippen molar-refractivity contribution in [2.24, 2.45) is 5.92 Å². The second kappa shape index (κ2) is 7.58. The minimum atomic E-state index is 0.209. The van der Waals surface area contributed by atoms with Gasteiger partial charge in [-0.25, -0.2) is 9.97 Å². The number of aromatic nitrogens is 3. The third-order valence-electron chi connectivity index (χ3n) is 6.10. The number of benzene rings is 1. The van der Waals surface area contributed by atoms with E-state index in [1.54, 1.807) is 0 Å². The average molecular weight is 399 g/mol. The molecule has 1 aliphatic heterocycles. The maximum atomic E-state index is 12.4. The predicted molar refractivity (Wildman–Crippen MR) is 117 cm³/mol. The molecule has 1 saturated heterocycles. The largest absolute Gasteiger partial charge is 0.383 e. The summed E-state index contributed by atoms with van der Waals surface area (Å²) in [6.07, 6.45) is 7.63. The smallest absolute Gasteiger partial charge is 0.163 e. The highest BCUT2D eigenvalue weighted by atomic mass is 16.1. The lowest BCUT2D eigenvalue weighted by Gasteiger charge is -2.13. The third-order valence-corrected chi connectivity index (χ3v) is 6.10. The first-order valence-electron chi connectivity index (χ1n) is 10.5. The first-order valence-corrected chi connectivity index (χ1v) is 10.5. The van der Waals surface area contributed by atoms with Crippen LogP contribution in [0.25, 0.3) is 11.0 Å². The minimum Gasteiger partial charge on any atom is -0.383 e. The summed E-state index contributed by atoms with van der Waals surface area (Å²) in [6.45, 7) is 2.04. The van der Waals surface area contributed by atoms with Gasteiger partial charge in [-0.05, 0) is 50.9 Å². The number of likely N-dealkylation sites (N-methyl/N-ethyl adjacent to an activating group) is 1. The molecule has 2 N–H and O–H groups in total. The molecule has 152 valence electrons. The molecule has 3 heterocycles. The molecule has 1 aliphatic carbocycles. The Morgan fingerprint density at radius 3 is 2.87 bits per heavy atom. The highest BCUT2D eigenvalue weighted by Gasteiger charge is 2.25. The number of ketones is 1. The average Bonchev–Trinajstić information content (AvgIpc) is 3.32. The molecule has 1 aromatic carbocycles. The van der Waals surface area contributed by atoms with Gasteiger partial charge in [0.1, 0.15) is 17.8 Å². The Bertz CT molecular complexity index is 1180. The topological polar surface area (TPSA) is 77.0 Å². The fourth-order valence-electron chi connectivity index (χ4n) is 4.23. The van der Waals surface area contributed by atoms with Crippen molar-refractivity contribution in [3.63, 3.8) is 0 Å². The van der Waals surface area contributed by atoms with Crippen LogP contribution in [0.2, 0.25) is 0 Å². The van der Waals surface area contributed by atoms with E-state index < -0.39 is 0 Å². The summed E-state index contributed by atoms with van der Waals surface area (Å²) in [5.74, 6) is 7.72. The van der Waals surface area contributed by atoms with Gasteiger partial charge < -0.3 is 15.2 Å². The van der Waals surface area contributed by atoms with Crippen molar-refractivity contribution in [1.82, 2.24) is 19.4 Å². The van der Waals surface area contributed by atoms with Crippen LogP contribution in [0.15, 0.2) is 36.8 Å². The maximum absolute atomic E-state index is 12.4. The van der Waals surface area contributed by atoms with Crippen molar-refractivity contribution in [2.75, 3.05) is 25.9 Å². The molecule has 2 fully saturated rings. The number of Topliss-reactive ketones (excluding diaryl/α,β-unsaturated/α-hetero) is 1. The van der Waals surface area contributed by atoms with Gasteiger partial charge in [-0.1, -0.05) is 24.0 Å². The highest BCUT2D eigenvalue weighted by Crippen LogP contribution is 2.33. The van der Waals surface area contributed by atoms with Crippen LogP contribution in [0.4, 0.5) is 5.82 Å². The first kappa shape index (κ1) is 18.8. The van der Waals surface area contributed by atoms with Crippen LogP contribution in [-0.4, -0.2) is 45.4 Å². The van der Waals surface area contributed by atoms with Gasteiger partial charge in [0.25, 0.3) is 0 Å². The molecule has 0 amide bonds. The van der Waals surface area contributed by atoms with Crippen LogP contribution >= 0.6 is 0 Å². The molecule has 0 radical (unpaired) electrons. The SMILES string of the molecule is CN1CCC(n2cc(C#Cc3cccc(C(=O)CC4CC4)c3)c3c(N)ncnc32)C1. The molecule has 2 aromatic heterocycles. The number of nitrogens with two attached hydrogens (primary N) is 1. The van der Waals surface area contributed by atoms with E-state index in [2.05, 4.69) is 44.5 Å². The summed E-state index contributed by atoms with van der Waals surface area (Å²) < 4.78 is 2.19. The van der Waals surface area contributed by atoms with Crippen LogP contribution < -0.4 is 5.73 Å². The number of anilines is 1. The van der Waals surface area contributed by atoms with Crippen molar-refractivity contribution in [3.8, 4) is 11.8 Å². The van der Waals surface area contributed by atoms with Gasteiger partial charge >= 0.3 is 0 Å². The number of carbonyl (C=O) groups excluding carboxylic acids is 1. The Kier molecular flexibility index (Phi) is 4.76. The van der Waals surface area contributed by atoms with Gasteiger partial charge in [-0.15, -0.1) is 0 Å². The lowest BCUT2D eigenvalue weighted by Crippen LogP contribution is -2.16. The van der Waals surface area contributed by atoms with Crippen LogP contribution in [0.1, 0.15) is 53.2 Å². The molecule has 1 unspecified atom stereocenters. The molecule has 1 atom stereocenters. The van der Waals surface area contributed by atoms with Crippen LogP contribution in [0.5, 0.6) is 0 Å². The molecule has 6 heteroatoms. The second-order valence-corrected chi connectivity index (χ2v) is 8.51. The quantitative estimate of drug-likeness (QED) is 0.538. The van der Waals surface area contributed by atoms with Crippen molar-refractivity contribution in [1.29, 1.82) is 0 Å². The molecule has 1 saturated carbocycles. The van der Waals surface area contributed by atoms with E-state index in [-0.39, 0.29) is 5.78 Å². The summed E-state index contributed by atoms with van der Waals surface area (Å²) in [5, 5.41) is 0.806. The van der Waals surface area contributed by atoms with Gasteiger partial charge in [0.2, 0.25) is 0 Å². The molecule has 0 spiro atoms. The summed E-state index contributed by atoms with van der Waals surface area (Å²) >= 11 is 0. The Morgan fingerprint density at radius 1 is 1.23 bits per heavy atom. The Hall–Kier alpha value is -3.17. The highest BCUT2D eigenvalue weighted by molar-refractivity contribution is 5.97. The van der Waals surface area contributed by atoms with Crippen molar-refractivity contribution in [2.45, 2.75) is 31.7 Å². The molecular formula is C24H25N5O. The zero-order chi connectivity index (χ0) is 20.7. The van der Waals surface area contributed by atoms with Crippen LogP contribution in [-0.2, 0) is 0 Å². The molecule has 2 aliphatic rings. The van der Waals surface area contributed by atoms with Crippen LogP contribution in [0, 0.1) is 17.8 Å². The number of nitrogen functional groups attached to an aromatic ring is 1. The minimum absolute atomic E-state index is 0.209. The van der Waals surface area contributed by atoms with Gasteiger partial charge in [0, 0.05) is 36.3 Å². The van der Waals surface area contributed by atoms with Gasteiger partial charge in [0.05, 0.1) is 10.9 Å². The fraction of sp³-hybridized carbons (Fsp3) is 0.375. The molecule has 30 heavy (non-hydrogen) atoms. The number of fused-ring (bicyclic) bond motifs is 1. The Morgan fingerprint density at radius 2 is 2.10 bits per heavy atom. The Labute approximate surface area is 176 Å². The summed E-state index contributed by atoms with van der Waals surface area (Å²) in [5.41, 5.74) is 9.42. The van der Waals surface area contributed by atoms with E-state index in [9.17, 15) is 4.79 Å². The van der Waals surface area contributed by atoms with Crippen LogP contribution in [0.3, 0.4) is 0 Å². The standard InChI is InChI=1S/C24H25N5O/c1-28-10-9-20(14-28)29-13-19(22-23(25)26-15-27-24(22)29)8-7-16-3-2-4-18(11-16)21(30)12-17-5-6-17/h2-4,11,13,15,17,20H,5-6,9-10,12,14H2,1H3,(H2,25,26,27). The number of hydrogen-bond acceptors (Lipinski definition) is 5. The van der Waals surface area contributed by atoms with E-state index in [0.29, 0.717) is 24.2 Å². The zero-order valence-corrected chi connectivity index (χ0v) is 17.1. The number of rotatable bonds is 4. The number of hydrogen-bond donors (Lipinski definition) is 1. The van der Waals surface area contributed by atoms with E-state index >= 15 is 0 Å². The van der Waals surface area contributed by atoms with E-state index in [4.69, 9.17) is 5.73 Å². The molecule has 6 nitrogen and oxygen atoms in total. The number of likely N-dealkylation sites (tertiary alicyclic amines) is 1. The molecule has 3 aromatic rings. The van der Waals surface area contributed by atoms with E-state index in [1.807, 2.05) is 24.3 Å². The first-order chi connectivity index (χ1) is 14.6. The summed E-state index contributed by atoms with van der Waals surface area (Å²) in [4.78, 5) is 23.4. The lowest BCUT2D eigenvalue weighted by atomic mass is 10.0. The van der Waals surface area contributed by atoms with Crippen molar-refractivity contribution in [3.05, 3.63) is 53.5 Å². The van der Waals surface area contributed by atoms with Gasteiger partial charge in [-0.2, -0.15) is 0 Å². The summed E-state index contributed by atoms with van der Waals surface area (Å²) in [7, 11) is 2.13. The van der Waals surface area contributed by atoms with Gasteiger partial charge in [0.15, 0.2) is 5.78 Å². The summed E-state index contributed by atoms with van der Waals surface area (Å²) in [6, 6.07) is 7.96. The normalized spacial score (nSPS) is 19.0. The monoisotopic (exact) mass is 399 g/mol. The fourth-order valence-corrected chi connectivity index (χ4v) is 4.23. The van der Waals surface area contributed by atoms with E-state index in [1.165, 1.54) is 19.2 Å². The van der Waals surface area contributed by atoms with Crippen molar-refractivity contribution >= 4 is 22.6 Å². The van der Waals surface area contributed by atoms with Gasteiger partial charge in [-0.3, -0.25) is 4.79 Å². The van der Waals surface area contributed by atoms with Crippen molar-refractivity contribution < 1.29 is 4.79 Å². The Balaban J connectivity index is 1.49. The third kappa shape index (κ3) is 3.69.